The zero-order valence-electron chi connectivity index (χ0n) is 14.3. The number of likely N-dealkylation sites (N-methyl/N-ethyl adjacent to an activating group) is 1. The van der Waals surface area contributed by atoms with Crippen LogP contribution in [0.3, 0.4) is 0 Å². The first kappa shape index (κ1) is 18.9. The van der Waals surface area contributed by atoms with Crippen LogP contribution in [0.1, 0.15) is 12.5 Å². The van der Waals surface area contributed by atoms with Gasteiger partial charge in [-0.2, -0.15) is 0 Å². The van der Waals surface area contributed by atoms with Crippen molar-refractivity contribution in [1.82, 2.24) is 19.8 Å². The highest BCUT2D eigenvalue weighted by Gasteiger charge is 2.17. The molecule has 1 fully saturated rings. The van der Waals surface area contributed by atoms with E-state index in [1.54, 1.807) is 12.1 Å². The summed E-state index contributed by atoms with van der Waals surface area (Å²) in [5.74, 6) is -0.00753. The third-order valence-electron chi connectivity index (χ3n) is 4.27. The van der Waals surface area contributed by atoms with Gasteiger partial charge < -0.3 is 10.2 Å². The van der Waals surface area contributed by atoms with Crippen molar-refractivity contribution in [2.45, 2.75) is 18.4 Å². The van der Waals surface area contributed by atoms with Gasteiger partial charge in [0.2, 0.25) is 15.9 Å². The highest BCUT2D eigenvalue weighted by atomic mass is 32.2. The molecule has 0 spiro atoms. The van der Waals surface area contributed by atoms with E-state index in [4.69, 9.17) is 0 Å². The van der Waals surface area contributed by atoms with Crippen molar-refractivity contribution in [1.29, 1.82) is 0 Å². The van der Waals surface area contributed by atoms with E-state index in [0.717, 1.165) is 38.3 Å². The molecule has 0 aliphatic carbocycles. The van der Waals surface area contributed by atoms with Gasteiger partial charge in [-0.3, -0.25) is 9.69 Å². The molecule has 1 heterocycles. The Morgan fingerprint density at radius 3 is 2.21 bits per heavy atom. The zero-order chi connectivity index (χ0) is 17.6. The summed E-state index contributed by atoms with van der Waals surface area (Å²) < 4.78 is 25.6. The molecule has 0 atom stereocenters. The number of rotatable bonds is 7. The summed E-state index contributed by atoms with van der Waals surface area (Å²) in [6.45, 7) is 7.85. The molecule has 7 nitrogen and oxygen atoms in total. The van der Waals surface area contributed by atoms with Crippen LogP contribution in [-0.4, -0.2) is 70.4 Å². The fourth-order valence-corrected chi connectivity index (χ4v) is 3.36. The molecule has 24 heavy (non-hydrogen) atoms. The molecule has 1 amide bonds. The lowest BCUT2D eigenvalue weighted by molar-refractivity contribution is -0.122. The molecule has 2 N–H and O–H groups in total. The fraction of sp³-hybridized carbons (Fsp3) is 0.562. The minimum atomic E-state index is -3.42. The minimum Gasteiger partial charge on any atom is -0.351 e. The molecular formula is C16H26N4O3S. The minimum absolute atomic E-state index is 0.00753. The molecule has 0 aromatic heterocycles. The predicted molar refractivity (Wildman–Crippen MR) is 93.1 cm³/mol. The maximum absolute atomic E-state index is 12.0. The van der Waals surface area contributed by atoms with Crippen molar-refractivity contribution < 1.29 is 13.2 Å². The molecule has 134 valence electrons. The van der Waals surface area contributed by atoms with Crippen molar-refractivity contribution in [2.24, 2.45) is 0 Å². The molecule has 1 aliphatic heterocycles. The third-order valence-corrected chi connectivity index (χ3v) is 5.70. The molecule has 0 radical (unpaired) electrons. The summed E-state index contributed by atoms with van der Waals surface area (Å²) >= 11 is 0. The lowest BCUT2D eigenvalue weighted by Gasteiger charge is -2.33. The lowest BCUT2D eigenvalue weighted by atomic mass is 10.2. The van der Waals surface area contributed by atoms with Crippen LogP contribution in [0.4, 0.5) is 0 Å². The highest BCUT2D eigenvalue weighted by molar-refractivity contribution is 7.89. The Bertz CT molecular complexity index is 638. The first-order chi connectivity index (χ1) is 11.4. The monoisotopic (exact) mass is 354 g/mol. The van der Waals surface area contributed by atoms with E-state index < -0.39 is 10.0 Å². The molecule has 0 bridgehead atoms. The van der Waals surface area contributed by atoms with Crippen molar-refractivity contribution in [3.8, 4) is 0 Å². The summed E-state index contributed by atoms with van der Waals surface area (Å²) in [6.07, 6.45) is 0. The van der Waals surface area contributed by atoms with Crippen molar-refractivity contribution >= 4 is 15.9 Å². The number of piperazine rings is 1. The van der Waals surface area contributed by atoms with Gasteiger partial charge in [-0.25, -0.2) is 13.1 Å². The topological polar surface area (TPSA) is 81.8 Å². The summed E-state index contributed by atoms with van der Waals surface area (Å²) in [5, 5.41) is 2.88. The second-order valence-electron chi connectivity index (χ2n) is 5.84. The molecule has 0 saturated carbocycles. The normalized spacial score (nSPS) is 16.9. The lowest BCUT2D eigenvalue weighted by Crippen LogP contribution is -2.49. The Morgan fingerprint density at radius 2 is 1.67 bits per heavy atom. The third kappa shape index (κ3) is 5.27. The molecule has 2 rings (SSSR count). The number of nitrogens with zero attached hydrogens (tertiary/aromatic N) is 2. The second kappa shape index (κ2) is 8.57. The quantitative estimate of drug-likeness (QED) is 0.712. The second-order valence-corrected chi connectivity index (χ2v) is 7.73. The van der Waals surface area contributed by atoms with Crippen molar-refractivity contribution in [3.63, 3.8) is 0 Å². The summed E-state index contributed by atoms with van der Waals surface area (Å²) in [7, 11) is -2.04. The average Bonchev–Trinajstić information content (AvgIpc) is 2.61. The molecule has 1 aromatic carbocycles. The number of hydrogen-bond donors (Lipinski definition) is 2. The Hall–Kier alpha value is -1.48. The van der Waals surface area contributed by atoms with Crippen LogP contribution in [0.25, 0.3) is 0 Å². The zero-order valence-corrected chi connectivity index (χ0v) is 15.1. The van der Waals surface area contributed by atoms with E-state index >= 15 is 0 Å². The molecule has 0 unspecified atom stereocenters. The number of nitrogens with one attached hydrogen (secondary N) is 2. The maximum atomic E-state index is 12.0. The smallest absolute Gasteiger partial charge is 0.240 e. The van der Waals surface area contributed by atoms with Crippen LogP contribution in [0, 0.1) is 0 Å². The van der Waals surface area contributed by atoms with E-state index in [1.807, 2.05) is 0 Å². The summed E-state index contributed by atoms with van der Waals surface area (Å²) in [6, 6.07) is 6.50. The van der Waals surface area contributed by atoms with E-state index in [-0.39, 0.29) is 10.8 Å². The number of carbonyl (C=O) groups excluding carboxylic acids is 1. The molecule has 1 aliphatic rings. The Labute approximate surface area is 144 Å². The van der Waals surface area contributed by atoms with E-state index in [9.17, 15) is 13.2 Å². The van der Waals surface area contributed by atoms with Crippen LogP contribution in [-0.2, 0) is 21.4 Å². The maximum Gasteiger partial charge on any atom is 0.240 e. The fourth-order valence-electron chi connectivity index (χ4n) is 2.63. The van der Waals surface area contributed by atoms with Gasteiger partial charge in [0.05, 0.1) is 11.4 Å². The van der Waals surface area contributed by atoms with E-state index in [1.165, 1.54) is 19.2 Å². The highest BCUT2D eigenvalue weighted by Crippen LogP contribution is 2.10. The van der Waals surface area contributed by atoms with Gasteiger partial charge in [0, 0.05) is 32.7 Å². The molecule has 1 saturated heterocycles. The van der Waals surface area contributed by atoms with Crippen molar-refractivity contribution in [2.75, 3.05) is 46.3 Å². The van der Waals surface area contributed by atoms with E-state index in [2.05, 4.69) is 26.8 Å². The summed E-state index contributed by atoms with van der Waals surface area (Å²) in [5.41, 5.74) is 0.870. The van der Waals surface area contributed by atoms with Crippen LogP contribution >= 0.6 is 0 Å². The van der Waals surface area contributed by atoms with Gasteiger partial charge >= 0.3 is 0 Å². The Morgan fingerprint density at radius 1 is 1.08 bits per heavy atom. The van der Waals surface area contributed by atoms with Gasteiger partial charge in [-0.1, -0.05) is 19.1 Å². The Balaban J connectivity index is 1.78. The van der Waals surface area contributed by atoms with E-state index in [0.29, 0.717) is 13.1 Å². The first-order valence-electron chi connectivity index (χ1n) is 8.18. The number of sulfonamides is 1. The number of hydrogen-bond acceptors (Lipinski definition) is 5. The number of amides is 1. The first-order valence-corrected chi connectivity index (χ1v) is 9.67. The standard InChI is InChI=1S/C16H26N4O3S/c1-3-19-8-10-20(11-9-19)13-16(21)18-12-14-4-6-15(7-5-14)24(22,23)17-2/h4-7,17H,3,8-13H2,1-2H3,(H,18,21). The molecular weight excluding hydrogens is 328 g/mol. The van der Waals surface area contributed by atoms with Crippen LogP contribution in [0.5, 0.6) is 0 Å². The Kier molecular flexibility index (Phi) is 6.73. The molecule has 8 heteroatoms. The largest absolute Gasteiger partial charge is 0.351 e. The molecule has 1 aromatic rings. The predicted octanol–water partition coefficient (Wildman–Crippen LogP) is -0.152. The van der Waals surface area contributed by atoms with Gasteiger partial charge in [-0.15, -0.1) is 0 Å². The summed E-state index contributed by atoms with van der Waals surface area (Å²) in [4.78, 5) is 16.8. The number of carbonyl (C=O) groups is 1. The van der Waals surface area contributed by atoms with Gasteiger partial charge in [0.15, 0.2) is 0 Å². The van der Waals surface area contributed by atoms with Crippen LogP contribution in [0.15, 0.2) is 29.2 Å². The average molecular weight is 354 g/mol. The van der Waals surface area contributed by atoms with Gasteiger partial charge in [0.1, 0.15) is 0 Å². The van der Waals surface area contributed by atoms with Gasteiger partial charge in [0.25, 0.3) is 0 Å². The van der Waals surface area contributed by atoms with Crippen LogP contribution < -0.4 is 10.0 Å². The van der Waals surface area contributed by atoms with Crippen LogP contribution in [0.2, 0.25) is 0 Å². The van der Waals surface area contributed by atoms with Gasteiger partial charge in [-0.05, 0) is 31.3 Å². The van der Waals surface area contributed by atoms with Crippen molar-refractivity contribution in [3.05, 3.63) is 29.8 Å². The SMILES string of the molecule is CCN1CCN(CC(=O)NCc2ccc(S(=O)(=O)NC)cc2)CC1. The number of benzene rings is 1.